The number of piperidine rings is 1. The molecular formula is C16H24N4O3S. The summed E-state index contributed by atoms with van der Waals surface area (Å²) < 4.78 is 14.7. The van der Waals surface area contributed by atoms with Gasteiger partial charge in [0.15, 0.2) is 11.0 Å². The number of urea groups is 2. The summed E-state index contributed by atoms with van der Waals surface area (Å²) in [5.41, 5.74) is 5.36. The van der Waals surface area contributed by atoms with E-state index in [9.17, 15) is 13.8 Å². The van der Waals surface area contributed by atoms with Crippen molar-refractivity contribution < 1.29 is 13.8 Å². The Morgan fingerprint density at radius 1 is 1.00 bits per heavy atom. The summed E-state index contributed by atoms with van der Waals surface area (Å²) in [6.07, 6.45) is 3.18. The molecule has 0 bridgehead atoms. The fourth-order valence-electron chi connectivity index (χ4n) is 2.90. The van der Waals surface area contributed by atoms with Crippen LogP contribution in [0, 0.1) is 20.8 Å². The van der Waals surface area contributed by atoms with Crippen molar-refractivity contribution in [3.63, 3.8) is 0 Å². The van der Waals surface area contributed by atoms with Crippen LogP contribution in [0.4, 0.5) is 9.59 Å². The van der Waals surface area contributed by atoms with Crippen molar-refractivity contribution >= 4 is 23.0 Å². The predicted molar refractivity (Wildman–Crippen MR) is 92.7 cm³/mol. The molecule has 2 rings (SSSR count). The normalized spacial score (nSPS) is 16.3. The van der Waals surface area contributed by atoms with E-state index < -0.39 is 23.0 Å². The standard InChI is InChI=1S/C16H24N4O3S/c1-11-9-12(2)14(13(3)10-11)24(23)19-16(22)17-15(21)18-20-7-5-4-6-8-20/h9-10H,4-8H2,1-3H3,(H3,17,18,19,21,22). The fraction of sp³-hybridized carbons (Fsp3) is 0.500. The minimum absolute atomic E-state index is 0.562. The van der Waals surface area contributed by atoms with E-state index in [0.717, 1.165) is 49.0 Å². The topological polar surface area (TPSA) is 90.5 Å². The summed E-state index contributed by atoms with van der Waals surface area (Å²) in [6.45, 7) is 7.18. The minimum atomic E-state index is -1.72. The van der Waals surface area contributed by atoms with Crippen LogP contribution in [0.5, 0.6) is 0 Å². The molecule has 1 atom stereocenters. The average Bonchev–Trinajstić information content (AvgIpc) is 2.46. The molecule has 0 aromatic heterocycles. The molecule has 0 saturated carbocycles. The second kappa shape index (κ2) is 8.25. The van der Waals surface area contributed by atoms with Gasteiger partial charge in [-0.05, 0) is 44.7 Å². The lowest BCUT2D eigenvalue weighted by molar-refractivity contribution is 0.155. The van der Waals surface area contributed by atoms with Crippen molar-refractivity contribution in [1.29, 1.82) is 0 Å². The fourth-order valence-corrected chi connectivity index (χ4v) is 3.92. The quantitative estimate of drug-likeness (QED) is 0.776. The molecule has 0 aliphatic carbocycles. The van der Waals surface area contributed by atoms with E-state index in [-0.39, 0.29) is 0 Å². The Kier molecular flexibility index (Phi) is 6.33. The molecule has 1 unspecified atom stereocenters. The van der Waals surface area contributed by atoms with Gasteiger partial charge in [0, 0.05) is 13.1 Å². The average molecular weight is 352 g/mol. The Bertz CT molecular complexity index is 634. The molecule has 0 spiro atoms. The number of hydrogen-bond donors (Lipinski definition) is 3. The summed E-state index contributed by atoms with van der Waals surface area (Å²) in [4.78, 5) is 24.2. The third-order valence-corrected chi connectivity index (χ3v) is 5.20. The van der Waals surface area contributed by atoms with Crippen LogP contribution in [0.25, 0.3) is 0 Å². The van der Waals surface area contributed by atoms with Crippen LogP contribution in [0.1, 0.15) is 36.0 Å². The molecule has 1 aromatic rings. The summed E-state index contributed by atoms with van der Waals surface area (Å²) in [6, 6.07) is 2.40. The van der Waals surface area contributed by atoms with E-state index in [0.29, 0.717) is 4.90 Å². The number of carbonyl (C=O) groups is 2. The molecule has 1 fully saturated rings. The summed E-state index contributed by atoms with van der Waals surface area (Å²) in [7, 11) is -1.72. The molecule has 132 valence electrons. The molecule has 1 saturated heterocycles. The number of amides is 4. The molecule has 3 N–H and O–H groups in total. The highest BCUT2D eigenvalue weighted by molar-refractivity contribution is 7.83. The maximum atomic E-state index is 12.4. The number of carbonyl (C=O) groups excluding carboxylic acids is 2. The maximum Gasteiger partial charge on any atom is 0.337 e. The number of hydrogen-bond acceptors (Lipinski definition) is 4. The zero-order chi connectivity index (χ0) is 17.7. The predicted octanol–water partition coefficient (Wildman–Crippen LogP) is 2.04. The van der Waals surface area contributed by atoms with Gasteiger partial charge in [0.25, 0.3) is 0 Å². The lowest BCUT2D eigenvalue weighted by atomic mass is 10.1. The number of nitrogens with zero attached hydrogens (tertiary/aromatic N) is 1. The number of benzene rings is 1. The van der Waals surface area contributed by atoms with Crippen LogP contribution in [-0.4, -0.2) is 34.4 Å². The first kappa shape index (κ1) is 18.4. The lowest BCUT2D eigenvalue weighted by Crippen LogP contribution is -2.52. The molecule has 1 aromatic carbocycles. The molecule has 1 aliphatic heterocycles. The van der Waals surface area contributed by atoms with Gasteiger partial charge in [-0.2, -0.15) is 0 Å². The monoisotopic (exact) mass is 352 g/mol. The molecule has 0 radical (unpaired) electrons. The summed E-state index contributed by atoms with van der Waals surface area (Å²) in [5, 5.41) is 3.92. The van der Waals surface area contributed by atoms with Crippen LogP contribution < -0.4 is 15.5 Å². The maximum absolute atomic E-state index is 12.4. The molecule has 1 heterocycles. The van der Waals surface area contributed by atoms with Crippen LogP contribution in [0.15, 0.2) is 17.0 Å². The Morgan fingerprint density at radius 2 is 1.58 bits per heavy atom. The third-order valence-electron chi connectivity index (χ3n) is 3.82. The van der Waals surface area contributed by atoms with Crippen LogP contribution >= 0.6 is 0 Å². The van der Waals surface area contributed by atoms with Crippen LogP contribution in [0.3, 0.4) is 0 Å². The van der Waals surface area contributed by atoms with E-state index in [1.165, 1.54) is 0 Å². The third kappa shape index (κ3) is 5.04. The summed E-state index contributed by atoms with van der Waals surface area (Å²) in [5.74, 6) is 0. The largest absolute Gasteiger partial charge is 0.337 e. The number of rotatable bonds is 3. The smallest absolute Gasteiger partial charge is 0.270 e. The Hall–Kier alpha value is -1.93. The van der Waals surface area contributed by atoms with E-state index in [1.54, 1.807) is 5.01 Å². The second-order valence-corrected chi connectivity index (χ2v) is 7.19. The van der Waals surface area contributed by atoms with Gasteiger partial charge >= 0.3 is 12.1 Å². The van der Waals surface area contributed by atoms with E-state index in [1.807, 2.05) is 32.9 Å². The van der Waals surface area contributed by atoms with E-state index in [2.05, 4.69) is 15.5 Å². The molecule has 7 nitrogen and oxygen atoms in total. The van der Waals surface area contributed by atoms with Gasteiger partial charge in [0.1, 0.15) is 0 Å². The van der Waals surface area contributed by atoms with Crippen LogP contribution in [-0.2, 0) is 11.0 Å². The highest BCUT2D eigenvalue weighted by Crippen LogP contribution is 2.19. The molecule has 4 amide bonds. The Morgan fingerprint density at radius 3 is 2.17 bits per heavy atom. The van der Waals surface area contributed by atoms with Gasteiger partial charge in [0.05, 0.1) is 4.90 Å². The van der Waals surface area contributed by atoms with E-state index >= 15 is 0 Å². The van der Waals surface area contributed by atoms with Crippen molar-refractivity contribution in [2.45, 2.75) is 44.9 Å². The number of imide groups is 1. The second-order valence-electron chi connectivity index (χ2n) is 6.04. The van der Waals surface area contributed by atoms with Gasteiger partial charge in [-0.15, -0.1) is 0 Å². The first-order valence-electron chi connectivity index (χ1n) is 7.99. The van der Waals surface area contributed by atoms with Crippen molar-refractivity contribution in [2.24, 2.45) is 0 Å². The van der Waals surface area contributed by atoms with E-state index in [4.69, 9.17) is 0 Å². The van der Waals surface area contributed by atoms with Gasteiger partial charge < -0.3 is 0 Å². The highest BCUT2D eigenvalue weighted by Gasteiger charge is 2.17. The number of nitrogens with one attached hydrogen (secondary N) is 3. The number of hydrazine groups is 1. The molecule has 1 aliphatic rings. The van der Waals surface area contributed by atoms with Gasteiger partial charge in [0.2, 0.25) is 0 Å². The van der Waals surface area contributed by atoms with Gasteiger partial charge in [-0.25, -0.2) is 18.8 Å². The first-order valence-corrected chi connectivity index (χ1v) is 9.14. The van der Waals surface area contributed by atoms with Crippen LogP contribution in [0.2, 0.25) is 0 Å². The first-order chi connectivity index (χ1) is 11.4. The molecular weight excluding hydrogens is 328 g/mol. The highest BCUT2D eigenvalue weighted by atomic mass is 32.2. The Labute approximate surface area is 144 Å². The molecule has 8 heteroatoms. The molecule has 24 heavy (non-hydrogen) atoms. The zero-order valence-corrected chi connectivity index (χ0v) is 15.1. The Balaban J connectivity index is 1.89. The van der Waals surface area contributed by atoms with Crippen molar-refractivity contribution in [2.75, 3.05) is 13.1 Å². The minimum Gasteiger partial charge on any atom is -0.270 e. The SMILES string of the molecule is Cc1cc(C)c(S(=O)NC(=O)NC(=O)NN2CCCCC2)c(C)c1. The van der Waals surface area contributed by atoms with Crippen molar-refractivity contribution in [3.8, 4) is 0 Å². The lowest BCUT2D eigenvalue weighted by Gasteiger charge is -2.26. The number of aryl methyl sites for hydroxylation is 3. The summed E-state index contributed by atoms with van der Waals surface area (Å²) >= 11 is 0. The van der Waals surface area contributed by atoms with Crippen molar-refractivity contribution in [1.82, 2.24) is 20.5 Å². The zero-order valence-electron chi connectivity index (χ0n) is 14.3. The van der Waals surface area contributed by atoms with Gasteiger partial charge in [-0.3, -0.25) is 15.5 Å². The van der Waals surface area contributed by atoms with Crippen molar-refractivity contribution in [3.05, 3.63) is 28.8 Å². The van der Waals surface area contributed by atoms with Gasteiger partial charge in [-0.1, -0.05) is 24.1 Å².